The van der Waals surface area contributed by atoms with Crippen molar-refractivity contribution in [2.75, 3.05) is 11.9 Å². The SMILES string of the molecule is C/C(CCN(Cc1ccccn1)Cc1ccccn1)=C(\C)C(=O)Nc1cc([N+](=O)[O-])ccc1Cl. The fourth-order valence-corrected chi connectivity index (χ4v) is 3.47. The van der Waals surface area contributed by atoms with Gasteiger partial charge in [0.05, 0.1) is 27.0 Å². The Morgan fingerprint density at radius 2 is 1.65 bits per heavy atom. The van der Waals surface area contributed by atoms with E-state index < -0.39 is 4.92 Å². The van der Waals surface area contributed by atoms with Crippen molar-refractivity contribution in [3.8, 4) is 0 Å². The lowest BCUT2D eigenvalue weighted by Crippen LogP contribution is -2.25. The first-order chi connectivity index (χ1) is 16.3. The summed E-state index contributed by atoms with van der Waals surface area (Å²) in [5, 5.41) is 14.0. The number of nitrogens with one attached hydrogen (secondary N) is 1. The van der Waals surface area contributed by atoms with Crippen molar-refractivity contribution in [1.82, 2.24) is 14.9 Å². The van der Waals surface area contributed by atoms with Gasteiger partial charge in [0, 0.05) is 49.7 Å². The third-order valence-electron chi connectivity index (χ3n) is 5.42. The summed E-state index contributed by atoms with van der Waals surface area (Å²) in [5.41, 5.74) is 3.42. The van der Waals surface area contributed by atoms with Crippen molar-refractivity contribution in [1.29, 1.82) is 0 Å². The summed E-state index contributed by atoms with van der Waals surface area (Å²) in [6, 6.07) is 15.6. The maximum absolute atomic E-state index is 12.8. The molecule has 1 aromatic carbocycles. The molecule has 0 bridgehead atoms. The molecule has 0 aliphatic carbocycles. The predicted molar refractivity (Wildman–Crippen MR) is 132 cm³/mol. The molecule has 0 spiro atoms. The number of benzene rings is 1. The molecule has 0 aliphatic heterocycles. The smallest absolute Gasteiger partial charge is 0.271 e. The van der Waals surface area contributed by atoms with Gasteiger partial charge in [-0.3, -0.25) is 29.8 Å². The van der Waals surface area contributed by atoms with E-state index in [1.54, 1.807) is 19.3 Å². The van der Waals surface area contributed by atoms with Gasteiger partial charge in [-0.15, -0.1) is 0 Å². The van der Waals surface area contributed by atoms with Gasteiger partial charge >= 0.3 is 0 Å². The van der Waals surface area contributed by atoms with E-state index in [-0.39, 0.29) is 22.3 Å². The average molecular weight is 480 g/mol. The predicted octanol–water partition coefficient (Wildman–Crippen LogP) is 5.41. The van der Waals surface area contributed by atoms with Crippen molar-refractivity contribution in [2.24, 2.45) is 0 Å². The molecule has 2 heterocycles. The normalized spacial score (nSPS) is 11.8. The minimum absolute atomic E-state index is 0.141. The first-order valence-electron chi connectivity index (χ1n) is 10.8. The molecule has 3 aromatic rings. The van der Waals surface area contributed by atoms with Crippen molar-refractivity contribution < 1.29 is 9.72 Å². The third-order valence-corrected chi connectivity index (χ3v) is 5.75. The number of hydrogen-bond donors (Lipinski definition) is 1. The van der Waals surface area contributed by atoms with Crippen LogP contribution in [0.3, 0.4) is 0 Å². The van der Waals surface area contributed by atoms with Gasteiger partial charge in [-0.1, -0.05) is 29.3 Å². The topological polar surface area (TPSA) is 101 Å². The van der Waals surface area contributed by atoms with Crippen LogP contribution in [0.15, 0.2) is 78.1 Å². The van der Waals surface area contributed by atoms with Gasteiger partial charge in [-0.2, -0.15) is 0 Å². The maximum Gasteiger partial charge on any atom is 0.271 e. The largest absolute Gasteiger partial charge is 0.321 e. The number of carbonyl (C=O) groups is 1. The number of pyridine rings is 2. The molecule has 0 atom stereocenters. The third kappa shape index (κ3) is 7.19. The number of non-ortho nitro benzene ring substituents is 1. The molecule has 3 rings (SSSR count). The second-order valence-electron chi connectivity index (χ2n) is 7.88. The highest BCUT2D eigenvalue weighted by molar-refractivity contribution is 6.34. The van der Waals surface area contributed by atoms with Crippen LogP contribution in [0.2, 0.25) is 5.02 Å². The lowest BCUT2D eigenvalue weighted by atomic mass is 10.1. The Morgan fingerprint density at radius 1 is 1.03 bits per heavy atom. The second kappa shape index (κ2) is 12.0. The minimum Gasteiger partial charge on any atom is -0.321 e. The quantitative estimate of drug-likeness (QED) is 0.237. The minimum atomic E-state index is -0.530. The molecule has 34 heavy (non-hydrogen) atoms. The van der Waals surface area contributed by atoms with E-state index in [1.807, 2.05) is 43.3 Å². The number of anilines is 1. The van der Waals surface area contributed by atoms with E-state index >= 15 is 0 Å². The molecule has 0 saturated carbocycles. The molecule has 0 saturated heterocycles. The van der Waals surface area contributed by atoms with Gasteiger partial charge in [0.2, 0.25) is 0 Å². The monoisotopic (exact) mass is 479 g/mol. The van der Waals surface area contributed by atoms with E-state index in [4.69, 9.17) is 11.6 Å². The van der Waals surface area contributed by atoms with Crippen molar-refractivity contribution in [3.63, 3.8) is 0 Å². The summed E-state index contributed by atoms with van der Waals surface area (Å²) in [6.07, 6.45) is 4.20. The van der Waals surface area contributed by atoms with Gasteiger partial charge in [-0.25, -0.2) is 0 Å². The molecule has 8 nitrogen and oxygen atoms in total. The maximum atomic E-state index is 12.8. The van der Waals surface area contributed by atoms with Crippen LogP contribution in [-0.4, -0.2) is 32.2 Å². The van der Waals surface area contributed by atoms with Gasteiger partial charge in [0.1, 0.15) is 0 Å². The van der Waals surface area contributed by atoms with Crippen LogP contribution in [-0.2, 0) is 17.9 Å². The Hall–Kier alpha value is -3.62. The van der Waals surface area contributed by atoms with Gasteiger partial charge in [0.15, 0.2) is 0 Å². The summed E-state index contributed by atoms with van der Waals surface area (Å²) in [7, 11) is 0. The number of aromatic nitrogens is 2. The molecule has 0 aliphatic rings. The first kappa shape index (κ1) is 25.0. The van der Waals surface area contributed by atoms with Gasteiger partial charge < -0.3 is 5.32 Å². The Bertz CT molecular complexity index is 1130. The fraction of sp³-hybridized carbons (Fsp3) is 0.240. The molecule has 0 fully saturated rings. The number of nitro groups is 1. The summed E-state index contributed by atoms with van der Waals surface area (Å²) < 4.78 is 0. The van der Waals surface area contributed by atoms with E-state index in [1.165, 1.54) is 18.2 Å². The Morgan fingerprint density at radius 3 is 2.18 bits per heavy atom. The number of hydrogen-bond acceptors (Lipinski definition) is 6. The highest BCUT2D eigenvalue weighted by atomic mass is 35.5. The number of carbonyl (C=O) groups excluding carboxylic acids is 1. The van der Waals surface area contributed by atoms with Crippen LogP contribution in [0, 0.1) is 10.1 Å². The molecular formula is C25H26ClN5O3. The number of nitro benzene ring substituents is 1. The van der Waals surface area contributed by atoms with Crippen molar-refractivity contribution >= 4 is 28.9 Å². The number of nitrogens with zero attached hydrogens (tertiary/aromatic N) is 4. The van der Waals surface area contributed by atoms with Crippen LogP contribution in [0.1, 0.15) is 31.7 Å². The molecule has 0 unspecified atom stereocenters. The summed E-state index contributed by atoms with van der Waals surface area (Å²) in [4.78, 5) is 34.4. The standard InChI is InChI=1S/C25H26ClN5O3/c1-18(19(2)25(32)29-24-15-22(31(33)34)9-10-23(24)26)11-14-30(16-20-7-3-5-12-27-20)17-21-8-4-6-13-28-21/h3-10,12-13,15H,11,14,16-17H2,1-2H3,(H,29,32)/b19-18-. The van der Waals surface area contributed by atoms with Crippen molar-refractivity contribution in [3.05, 3.63) is 105 Å². The highest BCUT2D eigenvalue weighted by Gasteiger charge is 2.15. The van der Waals surface area contributed by atoms with Gasteiger partial charge in [-0.05, 0) is 50.6 Å². The second-order valence-corrected chi connectivity index (χ2v) is 8.29. The fourth-order valence-electron chi connectivity index (χ4n) is 3.30. The zero-order chi connectivity index (χ0) is 24.5. The Labute approximate surface area is 203 Å². The van der Waals surface area contributed by atoms with Crippen LogP contribution in [0.5, 0.6) is 0 Å². The van der Waals surface area contributed by atoms with E-state index in [0.717, 1.165) is 17.0 Å². The number of halogens is 1. The molecule has 0 radical (unpaired) electrons. The molecular weight excluding hydrogens is 454 g/mol. The summed E-state index contributed by atoms with van der Waals surface area (Å²) >= 11 is 6.11. The zero-order valence-electron chi connectivity index (χ0n) is 19.1. The van der Waals surface area contributed by atoms with Crippen LogP contribution < -0.4 is 5.32 Å². The van der Waals surface area contributed by atoms with E-state index in [9.17, 15) is 14.9 Å². The molecule has 176 valence electrons. The summed E-state index contributed by atoms with van der Waals surface area (Å²) in [6.45, 7) is 5.64. The molecule has 2 aromatic heterocycles. The number of rotatable bonds is 10. The lowest BCUT2D eigenvalue weighted by molar-refractivity contribution is -0.384. The average Bonchev–Trinajstić information content (AvgIpc) is 2.84. The molecule has 9 heteroatoms. The zero-order valence-corrected chi connectivity index (χ0v) is 19.8. The van der Waals surface area contributed by atoms with Gasteiger partial charge in [0.25, 0.3) is 11.6 Å². The summed E-state index contributed by atoms with van der Waals surface area (Å²) in [5.74, 6) is -0.346. The van der Waals surface area contributed by atoms with Crippen LogP contribution in [0.25, 0.3) is 0 Å². The van der Waals surface area contributed by atoms with E-state index in [2.05, 4.69) is 20.2 Å². The van der Waals surface area contributed by atoms with Crippen molar-refractivity contribution in [2.45, 2.75) is 33.4 Å². The van der Waals surface area contributed by atoms with Crippen LogP contribution >= 0.6 is 11.6 Å². The molecule has 1 N–H and O–H groups in total. The molecule has 1 amide bonds. The first-order valence-corrected chi connectivity index (χ1v) is 11.1. The van der Waals surface area contributed by atoms with Crippen LogP contribution in [0.4, 0.5) is 11.4 Å². The highest BCUT2D eigenvalue weighted by Crippen LogP contribution is 2.27. The Balaban J connectivity index is 1.69. The number of amides is 1. The lowest BCUT2D eigenvalue weighted by Gasteiger charge is -2.22. The Kier molecular flexibility index (Phi) is 8.84. The van der Waals surface area contributed by atoms with E-state index in [0.29, 0.717) is 31.6 Å².